The summed E-state index contributed by atoms with van der Waals surface area (Å²) in [6.45, 7) is 2.29. The van der Waals surface area contributed by atoms with E-state index in [1.54, 1.807) is 0 Å². The summed E-state index contributed by atoms with van der Waals surface area (Å²) < 4.78 is 0. The monoisotopic (exact) mass is 185 g/mol. The van der Waals surface area contributed by atoms with E-state index in [9.17, 15) is 0 Å². The van der Waals surface area contributed by atoms with Crippen LogP contribution in [0.15, 0.2) is 0 Å². The molecular formula is C12H27N. The van der Waals surface area contributed by atoms with Gasteiger partial charge in [0.05, 0.1) is 0 Å². The van der Waals surface area contributed by atoms with Gasteiger partial charge in [-0.3, -0.25) is 0 Å². The van der Waals surface area contributed by atoms with Crippen molar-refractivity contribution >= 4 is 0 Å². The van der Waals surface area contributed by atoms with Crippen LogP contribution in [-0.4, -0.2) is 0 Å². The molecule has 3 N–H and O–H groups in total. The first-order chi connectivity index (χ1) is 5.93. The second kappa shape index (κ2) is 8.55. The summed E-state index contributed by atoms with van der Waals surface area (Å²) in [6, 6.07) is 0. The van der Waals surface area contributed by atoms with E-state index in [2.05, 4.69) is 6.92 Å². The highest BCUT2D eigenvalue weighted by Crippen LogP contribution is 2.29. The molecule has 0 aromatic carbocycles. The fourth-order valence-electron chi connectivity index (χ4n) is 2.34. The average molecular weight is 185 g/mol. The summed E-state index contributed by atoms with van der Waals surface area (Å²) in [6.07, 6.45) is 14.9. The van der Waals surface area contributed by atoms with Crippen molar-refractivity contribution in [3.8, 4) is 0 Å². The lowest BCUT2D eigenvalue weighted by atomic mass is 9.99. The van der Waals surface area contributed by atoms with Gasteiger partial charge in [0.2, 0.25) is 0 Å². The zero-order chi connectivity index (χ0) is 8.65. The van der Waals surface area contributed by atoms with Crippen molar-refractivity contribution < 1.29 is 0 Å². The SMILES string of the molecule is CCCCCCCC1CCCC1.N. The molecule has 0 atom stereocenters. The third-order valence-corrected chi connectivity index (χ3v) is 3.19. The Morgan fingerprint density at radius 1 is 0.923 bits per heavy atom. The quantitative estimate of drug-likeness (QED) is 0.598. The summed E-state index contributed by atoms with van der Waals surface area (Å²) >= 11 is 0. The van der Waals surface area contributed by atoms with Gasteiger partial charge in [-0.2, -0.15) is 0 Å². The van der Waals surface area contributed by atoms with Gasteiger partial charge in [-0.15, -0.1) is 0 Å². The van der Waals surface area contributed by atoms with Crippen LogP contribution in [0.25, 0.3) is 0 Å². The third-order valence-electron chi connectivity index (χ3n) is 3.19. The summed E-state index contributed by atoms with van der Waals surface area (Å²) in [5.74, 6) is 1.12. The van der Waals surface area contributed by atoms with Gasteiger partial charge in [0.1, 0.15) is 0 Å². The van der Waals surface area contributed by atoms with Crippen molar-refractivity contribution in [2.24, 2.45) is 5.92 Å². The molecule has 1 saturated carbocycles. The highest BCUT2D eigenvalue weighted by Gasteiger charge is 2.13. The van der Waals surface area contributed by atoms with Crippen LogP contribution >= 0.6 is 0 Å². The average Bonchev–Trinajstić information content (AvgIpc) is 2.57. The van der Waals surface area contributed by atoms with Crippen LogP contribution in [0.4, 0.5) is 0 Å². The first kappa shape index (κ1) is 13.0. The summed E-state index contributed by atoms with van der Waals surface area (Å²) in [7, 11) is 0. The fourth-order valence-corrected chi connectivity index (χ4v) is 2.34. The Kier molecular flexibility index (Phi) is 8.53. The van der Waals surface area contributed by atoms with E-state index in [0.29, 0.717) is 0 Å². The van der Waals surface area contributed by atoms with E-state index in [0.717, 1.165) is 5.92 Å². The highest BCUT2D eigenvalue weighted by molar-refractivity contribution is 4.66. The molecule has 1 heteroatoms. The molecule has 1 nitrogen and oxygen atoms in total. The molecule has 0 aromatic rings. The minimum atomic E-state index is 0. The minimum Gasteiger partial charge on any atom is -0.344 e. The number of unbranched alkanes of at least 4 members (excludes halogenated alkanes) is 4. The molecule has 13 heavy (non-hydrogen) atoms. The van der Waals surface area contributed by atoms with Crippen LogP contribution in [-0.2, 0) is 0 Å². The smallest absolute Gasteiger partial charge is 0.0414 e. The first-order valence-electron chi connectivity index (χ1n) is 5.93. The summed E-state index contributed by atoms with van der Waals surface area (Å²) in [5.41, 5.74) is 0. The van der Waals surface area contributed by atoms with Crippen LogP contribution in [0, 0.1) is 5.92 Å². The van der Waals surface area contributed by atoms with Crippen molar-refractivity contribution in [1.82, 2.24) is 6.15 Å². The molecule has 1 aliphatic carbocycles. The molecule has 0 radical (unpaired) electrons. The van der Waals surface area contributed by atoms with Crippen LogP contribution < -0.4 is 6.15 Å². The van der Waals surface area contributed by atoms with Crippen LogP contribution in [0.2, 0.25) is 0 Å². The van der Waals surface area contributed by atoms with Gasteiger partial charge in [0, 0.05) is 0 Å². The zero-order valence-corrected chi connectivity index (χ0v) is 9.36. The maximum Gasteiger partial charge on any atom is -0.0414 e. The molecule has 0 unspecified atom stereocenters. The first-order valence-corrected chi connectivity index (χ1v) is 5.93. The fraction of sp³-hybridized carbons (Fsp3) is 1.00. The molecule has 0 spiro atoms. The Morgan fingerprint density at radius 2 is 1.54 bits per heavy atom. The van der Waals surface area contributed by atoms with Gasteiger partial charge < -0.3 is 6.15 Å². The maximum absolute atomic E-state index is 2.29. The van der Waals surface area contributed by atoms with Crippen molar-refractivity contribution in [3.63, 3.8) is 0 Å². The van der Waals surface area contributed by atoms with Gasteiger partial charge in [-0.1, -0.05) is 71.1 Å². The predicted molar refractivity (Wildman–Crippen MR) is 60.4 cm³/mol. The molecule has 0 bridgehead atoms. The van der Waals surface area contributed by atoms with Gasteiger partial charge in [0.15, 0.2) is 0 Å². The molecule has 0 aliphatic heterocycles. The van der Waals surface area contributed by atoms with E-state index < -0.39 is 0 Å². The zero-order valence-electron chi connectivity index (χ0n) is 9.36. The molecule has 0 aromatic heterocycles. The molecule has 1 fully saturated rings. The molecule has 1 aliphatic rings. The molecule has 1 rings (SSSR count). The van der Waals surface area contributed by atoms with Crippen LogP contribution in [0.5, 0.6) is 0 Å². The topological polar surface area (TPSA) is 35.0 Å². The Morgan fingerprint density at radius 3 is 2.15 bits per heavy atom. The molecular weight excluding hydrogens is 158 g/mol. The Balaban J connectivity index is 0.00000144. The van der Waals surface area contributed by atoms with Gasteiger partial charge in [0.25, 0.3) is 0 Å². The van der Waals surface area contributed by atoms with E-state index in [4.69, 9.17) is 0 Å². The van der Waals surface area contributed by atoms with E-state index in [1.165, 1.54) is 64.2 Å². The largest absolute Gasteiger partial charge is 0.344 e. The van der Waals surface area contributed by atoms with Crippen molar-refractivity contribution in [3.05, 3.63) is 0 Å². The third kappa shape index (κ3) is 6.09. The standard InChI is InChI=1S/C12H24.H3N/c1-2-3-4-5-6-9-12-10-7-8-11-12;/h12H,2-11H2,1H3;1H3. The van der Waals surface area contributed by atoms with Gasteiger partial charge >= 0.3 is 0 Å². The minimum absolute atomic E-state index is 0. The lowest BCUT2D eigenvalue weighted by Crippen LogP contribution is -1.92. The number of hydrogen-bond acceptors (Lipinski definition) is 1. The Labute approximate surface area is 83.9 Å². The maximum atomic E-state index is 2.29. The lowest BCUT2D eigenvalue weighted by Gasteiger charge is -2.07. The van der Waals surface area contributed by atoms with Gasteiger partial charge in [-0.25, -0.2) is 0 Å². The molecule has 0 amide bonds. The van der Waals surface area contributed by atoms with Crippen LogP contribution in [0.1, 0.15) is 71.1 Å². The van der Waals surface area contributed by atoms with Crippen molar-refractivity contribution in [1.29, 1.82) is 0 Å². The summed E-state index contributed by atoms with van der Waals surface area (Å²) in [5, 5.41) is 0. The molecule has 80 valence electrons. The Hall–Kier alpha value is -0.0400. The number of rotatable bonds is 6. The van der Waals surface area contributed by atoms with Crippen molar-refractivity contribution in [2.45, 2.75) is 71.1 Å². The van der Waals surface area contributed by atoms with Crippen molar-refractivity contribution in [2.75, 3.05) is 0 Å². The Bertz CT molecular complexity index is 95.3. The van der Waals surface area contributed by atoms with Crippen LogP contribution in [0.3, 0.4) is 0 Å². The van der Waals surface area contributed by atoms with E-state index >= 15 is 0 Å². The van der Waals surface area contributed by atoms with E-state index in [-0.39, 0.29) is 6.15 Å². The predicted octanol–water partition coefficient (Wildman–Crippen LogP) is 4.70. The molecule has 0 saturated heterocycles. The van der Waals surface area contributed by atoms with E-state index in [1.807, 2.05) is 0 Å². The summed E-state index contributed by atoms with van der Waals surface area (Å²) in [4.78, 5) is 0. The number of hydrogen-bond donors (Lipinski definition) is 1. The highest BCUT2D eigenvalue weighted by atomic mass is 14.2. The van der Waals surface area contributed by atoms with Gasteiger partial charge in [-0.05, 0) is 5.92 Å². The lowest BCUT2D eigenvalue weighted by molar-refractivity contribution is 0.464. The second-order valence-corrected chi connectivity index (χ2v) is 4.35. The second-order valence-electron chi connectivity index (χ2n) is 4.35. The molecule has 0 heterocycles. The normalized spacial score (nSPS) is 17.3.